The summed E-state index contributed by atoms with van der Waals surface area (Å²) in [5, 5.41) is 0. The Morgan fingerprint density at radius 3 is 2.35 bits per heavy atom. The summed E-state index contributed by atoms with van der Waals surface area (Å²) in [4.78, 5) is 14.2. The summed E-state index contributed by atoms with van der Waals surface area (Å²) < 4.78 is 11.1. The number of nitrogens with zero attached hydrogens (tertiary/aromatic N) is 1. The maximum absolute atomic E-state index is 12.5. The van der Waals surface area contributed by atoms with E-state index in [1.807, 2.05) is 55.5 Å². The molecule has 0 saturated carbocycles. The largest absolute Gasteiger partial charge is 0.496 e. The highest BCUT2D eigenvalue weighted by molar-refractivity contribution is 5.80. The van der Waals surface area contributed by atoms with Crippen molar-refractivity contribution in [1.82, 2.24) is 4.90 Å². The maximum atomic E-state index is 12.5. The van der Waals surface area contributed by atoms with E-state index in [2.05, 4.69) is 0 Å². The van der Waals surface area contributed by atoms with Gasteiger partial charge in [0.15, 0.2) is 6.10 Å². The molecule has 0 spiro atoms. The summed E-state index contributed by atoms with van der Waals surface area (Å²) in [6.07, 6.45) is -0.546. The van der Waals surface area contributed by atoms with Crippen LogP contribution in [-0.4, -0.2) is 31.1 Å². The van der Waals surface area contributed by atoms with Crippen LogP contribution < -0.4 is 9.47 Å². The van der Waals surface area contributed by atoms with E-state index in [9.17, 15) is 4.79 Å². The number of ether oxygens (including phenoxy) is 2. The molecule has 2 aromatic carbocycles. The van der Waals surface area contributed by atoms with Gasteiger partial charge in [-0.2, -0.15) is 0 Å². The lowest BCUT2D eigenvalue weighted by atomic mass is 10.2. The Balaban J connectivity index is 2.03. The summed E-state index contributed by atoms with van der Waals surface area (Å²) in [6.45, 7) is 4.21. The molecule has 2 aromatic rings. The number of carbonyl (C=O) groups is 1. The summed E-state index contributed by atoms with van der Waals surface area (Å²) in [5.74, 6) is 1.44. The summed E-state index contributed by atoms with van der Waals surface area (Å²) in [5.41, 5.74) is 1.98. The monoisotopic (exact) mass is 313 g/mol. The topological polar surface area (TPSA) is 38.8 Å². The molecule has 0 fully saturated rings. The molecule has 0 N–H and O–H groups in total. The molecule has 0 aliphatic heterocycles. The Morgan fingerprint density at radius 2 is 1.70 bits per heavy atom. The molecule has 23 heavy (non-hydrogen) atoms. The van der Waals surface area contributed by atoms with Gasteiger partial charge in [0.25, 0.3) is 5.91 Å². The maximum Gasteiger partial charge on any atom is 0.263 e. The van der Waals surface area contributed by atoms with Crippen LogP contribution in [0.5, 0.6) is 11.5 Å². The van der Waals surface area contributed by atoms with Gasteiger partial charge in [-0.3, -0.25) is 4.79 Å². The molecular formula is C19H23NO3. The molecule has 0 saturated heterocycles. The van der Waals surface area contributed by atoms with E-state index in [0.717, 1.165) is 22.6 Å². The third-order valence-corrected chi connectivity index (χ3v) is 3.72. The van der Waals surface area contributed by atoms with E-state index in [1.165, 1.54) is 0 Å². The zero-order chi connectivity index (χ0) is 16.8. The predicted molar refractivity (Wildman–Crippen MR) is 90.7 cm³/mol. The molecule has 1 amide bonds. The van der Waals surface area contributed by atoms with Crippen molar-refractivity contribution in [2.75, 3.05) is 14.2 Å². The second kappa shape index (κ2) is 7.68. The number of benzene rings is 2. The summed E-state index contributed by atoms with van der Waals surface area (Å²) >= 11 is 0. The van der Waals surface area contributed by atoms with Gasteiger partial charge in [0.2, 0.25) is 0 Å². The fraction of sp³-hybridized carbons (Fsp3) is 0.316. The molecule has 0 unspecified atom stereocenters. The number of methoxy groups -OCH3 is 1. The third kappa shape index (κ3) is 4.25. The Morgan fingerprint density at radius 1 is 1.09 bits per heavy atom. The normalized spacial score (nSPS) is 11.7. The summed E-state index contributed by atoms with van der Waals surface area (Å²) in [7, 11) is 3.40. The number of likely N-dealkylation sites (N-methyl/N-ethyl adjacent to an activating group) is 1. The molecule has 0 aliphatic carbocycles. The molecule has 122 valence electrons. The van der Waals surface area contributed by atoms with Gasteiger partial charge < -0.3 is 14.4 Å². The second-order valence-corrected chi connectivity index (χ2v) is 5.53. The van der Waals surface area contributed by atoms with Crippen molar-refractivity contribution in [1.29, 1.82) is 0 Å². The van der Waals surface area contributed by atoms with Crippen LogP contribution in [0.15, 0.2) is 48.5 Å². The van der Waals surface area contributed by atoms with Gasteiger partial charge in [-0.1, -0.05) is 36.4 Å². The highest BCUT2D eigenvalue weighted by Crippen LogP contribution is 2.21. The van der Waals surface area contributed by atoms with Crippen LogP contribution in [0.1, 0.15) is 18.1 Å². The lowest BCUT2D eigenvalue weighted by Crippen LogP contribution is -2.37. The number of aryl methyl sites for hydroxylation is 1. The highest BCUT2D eigenvalue weighted by atomic mass is 16.5. The molecule has 0 radical (unpaired) electrons. The van der Waals surface area contributed by atoms with Crippen molar-refractivity contribution < 1.29 is 14.3 Å². The zero-order valence-corrected chi connectivity index (χ0v) is 14.1. The Hall–Kier alpha value is -2.49. The first-order valence-corrected chi connectivity index (χ1v) is 7.62. The van der Waals surface area contributed by atoms with Crippen LogP contribution in [0, 0.1) is 6.92 Å². The van der Waals surface area contributed by atoms with E-state index in [1.54, 1.807) is 26.0 Å². The first-order valence-electron chi connectivity index (χ1n) is 7.62. The molecule has 0 aliphatic rings. The van der Waals surface area contributed by atoms with E-state index in [4.69, 9.17) is 9.47 Å². The number of hydrogen-bond acceptors (Lipinski definition) is 3. The van der Waals surface area contributed by atoms with E-state index < -0.39 is 6.10 Å². The second-order valence-electron chi connectivity index (χ2n) is 5.53. The minimum absolute atomic E-state index is 0.0702. The van der Waals surface area contributed by atoms with Gasteiger partial charge in [-0.05, 0) is 31.5 Å². The van der Waals surface area contributed by atoms with Crippen molar-refractivity contribution in [3.05, 3.63) is 59.7 Å². The van der Waals surface area contributed by atoms with E-state index >= 15 is 0 Å². The molecular weight excluding hydrogens is 290 g/mol. The molecule has 2 rings (SSSR count). The van der Waals surface area contributed by atoms with E-state index in [-0.39, 0.29) is 5.91 Å². The van der Waals surface area contributed by atoms with Crippen LogP contribution in [0.25, 0.3) is 0 Å². The smallest absolute Gasteiger partial charge is 0.263 e. The number of para-hydroxylation sites is 2. The van der Waals surface area contributed by atoms with Crippen molar-refractivity contribution in [3.63, 3.8) is 0 Å². The first kappa shape index (κ1) is 16.9. The molecule has 4 heteroatoms. The van der Waals surface area contributed by atoms with E-state index in [0.29, 0.717) is 6.54 Å². The van der Waals surface area contributed by atoms with Gasteiger partial charge >= 0.3 is 0 Å². The average Bonchev–Trinajstić information content (AvgIpc) is 2.56. The number of amides is 1. The number of hydrogen-bond donors (Lipinski definition) is 0. The number of carbonyl (C=O) groups excluding carboxylic acids is 1. The number of rotatable bonds is 6. The fourth-order valence-corrected chi connectivity index (χ4v) is 2.41. The van der Waals surface area contributed by atoms with Crippen molar-refractivity contribution in [3.8, 4) is 11.5 Å². The van der Waals surface area contributed by atoms with Crippen LogP contribution in [-0.2, 0) is 11.3 Å². The standard InChI is InChI=1S/C19H23NO3/c1-14-9-5-7-11-17(14)23-15(2)19(21)20(3)13-16-10-6-8-12-18(16)22-4/h5-12,15H,13H2,1-4H3/t15-/m1/s1. The highest BCUT2D eigenvalue weighted by Gasteiger charge is 2.20. The molecule has 0 aromatic heterocycles. The first-order chi connectivity index (χ1) is 11.0. The van der Waals surface area contributed by atoms with Gasteiger partial charge in [0, 0.05) is 19.2 Å². The summed E-state index contributed by atoms with van der Waals surface area (Å²) in [6, 6.07) is 15.4. The van der Waals surface area contributed by atoms with Crippen molar-refractivity contribution in [2.45, 2.75) is 26.5 Å². The fourth-order valence-electron chi connectivity index (χ4n) is 2.41. The average molecular weight is 313 g/mol. The minimum Gasteiger partial charge on any atom is -0.496 e. The molecule has 4 nitrogen and oxygen atoms in total. The van der Waals surface area contributed by atoms with Gasteiger partial charge in [-0.15, -0.1) is 0 Å². The van der Waals surface area contributed by atoms with Gasteiger partial charge in [0.05, 0.1) is 7.11 Å². The lowest BCUT2D eigenvalue weighted by Gasteiger charge is -2.23. The lowest BCUT2D eigenvalue weighted by molar-refractivity contribution is -0.137. The molecule has 1 atom stereocenters. The Labute approximate surface area is 137 Å². The van der Waals surface area contributed by atoms with Crippen molar-refractivity contribution >= 4 is 5.91 Å². The zero-order valence-electron chi connectivity index (χ0n) is 14.1. The molecule has 0 heterocycles. The van der Waals surface area contributed by atoms with Crippen LogP contribution >= 0.6 is 0 Å². The minimum atomic E-state index is -0.546. The Bertz CT molecular complexity index is 669. The third-order valence-electron chi connectivity index (χ3n) is 3.72. The SMILES string of the molecule is COc1ccccc1CN(C)C(=O)[C@@H](C)Oc1ccccc1C. The van der Waals surface area contributed by atoms with Gasteiger partial charge in [0.1, 0.15) is 11.5 Å². The van der Waals surface area contributed by atoms with Crippen LogP contribution in [0.4, 0.5) is 0 Å². The van der Waals surface area contributed by atoms with Crippen LogP contribution in [0.3, 0.4) is 0 Å². The van der Waals surface area contributed by atoms with Crippen molar-refractivity contribution in [2.24, 2.45) is 0 Å². The predicted octanol–water partition coefficient (Wildman–Crippen LogP) is 3.43. The van der Waals surface area contributed by atoms with Gasteiger partial charge in [-0.25, -0.2) is 0 Å². The van der Waals surface area contributed by atoms with Crippen LogP contribution in [0.2, 0.25) is 0 Å². The molecule has 0 bridgehead atoms. The Kier molecular flexibility index (Phi) is 5.63. The quantitative estimate of drug-likeness (QED) is 0.820.